The van der Waals surface area contributed by atoms with Crippen LogP contribution in [0.5, 0.6) is 0 Å². The predicted octanol–water partition coefficient (Wildman–Crippen LogP) is 4.38. The summed E-state index contributed by atoms with van der Waals surface area (Å²) in [7, 11) is 0. The Hall–Kier alpha value is -1.08. The lowest BCUT2D eigenvalue weighted by atomic mass is 10.1. The third-order valence-corrected chi connectivity index (χ3v) is 4.38. The normalized spacial score (nSPS) is 28.5. The summed E-state index contributed by atoms with van der Waals surface area (Å²) in [4.78, 5) is 0. The van der Waals surface area contributed by atoms with Gasteiger partial charge in [-0.25, -0.2) is 0 Å². The monoisotopic (exact) mass is 318 g/mol. The SMILES string of the molecule is C#CCCCC[C@H]1O[C@H](/C=C(\C)COC2CCCCO2)C=C1C. The highest BCUT2D eigenvalue weighted by atomic mass is 16.7. The van der Waals surface area contributed by atoms with Crippen LogP contribution in [0.1, 0.15) is 58.8 Å². The van der Waals surface area contributed by atoms with Crippen molar-refractivity contribution >= 4 is 0 Å². The minimum atomic E-state index is -0.0298. The fraction of sp³-hybridized carbons (Fsp3) is 0.700. The standard InChI is InChI=1S/C20H30O3/c1-4-5-6-7-10-19-17(3)14-18(23-19)13-16(2)15-22-20-11-8-9-12-21-20/h1,13-14,18-20H,5-12,15H2,2-3H3/b16-13+/t18-,19-,20?/m1/s1. The first-order valence-corrected chi connectivity index (χ1v) is 8.87. The molecule has 0 amide bonds. The van der Waals surface area contributed by atoms with E-state index in [1.54, 1.807) is 0 Å². The largest absolute Gasteiger partial charge is 0.362 e. The maximum Gasteiger partial charge on any atom is 0.158 e. The molecule has 1 fully saturated rings. The smallest absolute Gasteiger partial charge is 0.158 e. The molecule has 2 heterocycles. The average Bonchev–Trinajstić information content (AvgIpc) is 2.90. The molecule has 0 N–H and O–H groups in total. The lowest BCUT2D eigenvalue weighted by Crippen LogP contribution is -2.23. The van der Waals surface area contributed by atoms with E-state index in [0.29, 0.717) is 6.61 Å². The minimum Gasteiger partial charge on any atom is -0.362 e. The van der Waals surface area contributed by atoms with Gasteiger partial charge in [-0.2, -0.15) is 0 Å². The molecular formula is C20H30O3. The molecule has 3 nitrogen and oxygen atoms in total. The van der Waals surface area contributed by atoms with Crippen molar-refractivity contribution in [2.75, 3.05) is 13.2 Å². The molecule has 23 heavy (non-hydrogen) atoms. The maximum atomic E-state index is 6.11. The first-order chi connectivity index (χ1) is 11.2. The molecule has 128 valence electrons. The molecule has 0 bridgehead atoms. The summed E-state index contributed by atoms with van der Waals surface area (Å²) in [5.74, 6) is 2.69. The Bertz CT molecular complexity index is 452. The van der Waals surface area contributed by atoms with Crippen LogP contribution in [0, 0.1) is 12.3 Å². The van der Waals surface area contributed by atoms with Crippen molar-refractivity contribution in [1.29, 1.82) is 0 Å². The van der Waals surface area contributed by atoms with Gasteiger partial charge in [0.25, 0.3) is 0 Å². The molecule has 0 aliphatic carbocycles. The number of ether oxygens (including phenoxy) is 3. The van der Waals surface area contributed by atoms with Crippen molar-refractivity contribution in [3.63, 3.8) is 0 Å². The fourth-order valence-electron chi connectivity index (χ4n) is 3.04. The average molecular weight is 318 g/mol. The molecule has 0 radical (unpaired) electrons. The van der Waals surface area contributed by atoms with Crippen LogP contribution in [-0.2, 0) is 14.2 Å². The quantitative estimate of drug-likeness (QED) is 0.377. The van der Waals surface area contributed by atoms with E-state index in [0.717, 1.165) is 45.1 Å². The zero-order chi connectivity index (χ0) is 16.5. The van der Waals surface area contributed by atoms with Crippen LogP contribution >= 0.6 is 0 Å². The molecule has 3 heteroatoms. The molecule has 3 atom stereocenters. The Kier molecular flexibility index (Phi) is 7.88. The summed E-state index contributed by atoms with van der Waals surface area (Å²) in [6.07, 6.45) is 17.4. The van der Waals surface area contributed by atoms with Gasteiger partial charge in [-0.15, -0.1) is 12.3 Å². The van der Waals surface area contributed by atoms with E-state index in [9.17, 15) is 0 Å². The van der Waals surface area contributed by atoms with Gasteiger partial charge in [0.1, 0.15) is 0 Å². The molecular weight excluding hydrogens is 288 g/mol. The zero-order valence-corrected chi connectivity index (χ0v) is 14.6. The van der Waals surface area contributed by atoms with E-state index in [-0.39, 0.29) is 18.5 Å². The van der Waals surface area contributed by atoms with Crippen molar-refractivity contribution in [1.82, 2.24) is 0 Å². The minimum absolute atomic E-state index is 0.0298. The Morgan fingerprint density at radius 1 is 1.43 bits per heavy atom. The third-order valence-electron chi connectivity index (χ3n) is 4.38. The third kappa shape index (κ3) is 6.51. The van der Waals surface area contributed by atoms with Crippen LogP contribution in [0.25, 0.3) is 0 Å². The van der Waals surface area contributed by atoms with Crippen molar-refractivity contribution in [3.8, 4) is 12.3 Å². The molecule has 2 aliphatic heterocycles. The van der Waals surface area contributed by atoms with Crippen LogP contribution in [0.3, 0.4) is 0 Å². The molecule has 1 saturated heterocycles. The number of unbranched alkanes of at least 4 members (excludes halogenated alkanes) is 2. The second-order valence-electron chi connectivity index (χ2n) is 6.57. The van der Waals surface area contributed by atoms with E-state index in [4.69, 9.17) is 20.6 Å². The lowest BCUT2D eigenvalue weighted by molar-refractivity contribution is -0.156. The van der Waals surface area contributed by atoms with Crippen molar-refractivity contribution < 1.29 is 14.2 Å². The van der Waals surface area contributed by atoms with E-state index >= 15 is 0 Å². The predicted molar refractivity (Wildman–Crippen MR) is 93.0 cm³/mol. The topological polar surface area (TPSA) is 27.7 Å². The first-order valence-electron chi connectivity index (χ1n) is 8.87. The zero-order valence-electron chi connectivity index (χ0n) is 14.6. The van der Waals surface area contributed by atoms with Gasteiger partial charge in [-0.1, -0.05) is 12.2 Å². The van der Waals surface area contributed by atoms with Crippen LogP contribution in [0.2, 0.25) is 0 Å². The highest BCUT2D eigenvalue weighted by molar-refractivity contribution is 5.20. The lowest BCUT2D eigenvalue weighted by Gasteiger charge is -2.23. The molecule has 2 rings (SSSR count). The van der Waals surface area contributed by atoms with Gasteiger partial charge in [0.15, 0.2) is 6.29 Å². The van der Waals surface area contributed by atoms with Gasteiger partial charge >= 0.3 is 0 Å². The van der Waals surface area contributed by atoms with Crippen LogP contribution < -0.4 is 0 Å². The second-order valence-corrected chi connectivity index (χ2v) is 6.57. The Labute approximate surface area is 141 Å². The van der Waals surface area contributed by atoms with E-state index in [1.165, 1.54) is 17.6 Å². The molecule has 0 aromatic rings. The van der Waals surface area contributed by atoms with Crippen molar-refractivity contribution in [3.05, 3.63) is 23.3 Å². The first kappa shape index (κ1) is 18.3. The van der Waals surface area contributed by atoms with E-state index < -0.39 is 0 Å². The summed E-state index contributed by atoms with van der Waals surface area (Å²) in [5, 5.41) is 0. The molecule has 0 spiro atoms. The second kappa shape index (κ2) is 9.93. The molecule has 1 unspecified atom stereocenters. The number of rotatable bonds is 8. The van der Waals surface area contributed by atoms with E-state index in [2.05, 4.69) is 31.9 Å². The summed E-state index contributed by atoms with van der Waals surface area (Å²) >= 11 is 0. The van der Waals surface area contributed by atoms with Gasteiger partial charge < -0.3 is 14.2 Å². The highest BCUT2D eigenvalue weighted by Crippen LogP contribution is 2.25. The van der Waals surface area contributed by atoms with E-state index in [1.807, 2.05) is 0 Å². The summed E-state index contributed by atoms with van der Waals surface area (Å²) in [5.41, 5.74) is 2.53. The van der Waals surface area contributed by atoms with Crippen molar-refractivity contribution in [2.45, 2.75) is 77.3 Å². The molecule has 0 aromatic carbocycles. The Morgan fingerprint density at radius 3 is 3.04 bits per heavy atom. The van der Waals surface area contributed by atoms with Gasteiger partial charge in [0.05, 0.1) is 18.8 Å². The summed E-state index contributed by atoms with van der Waals surface area (Å²) in [6.45, 7) is 5.68. The Morgan fingerprint density at radius 2 is 2.30 bits per heavy atom. The van der Waals surface area contributed by atoms with Crippen LogP contribution in [-0.4, -0.2) is 31.7 Å². The van der Waals surface area contributed by atoms with Gasteiger partial charge in [-0.3, -0.25) is 0 Å². The van der Waals surface area contributed by atoms with Crippen LogP contribution in [0.15, 0.2) is 23.3 Å². The molecule has 0 saturated carbocycles. The van der Waals surface area contributed by atoms with Gasteiger partial charge in [0.2, 0.25) is 0 Å². The van der Waals surface area contributed by atoms with Crippen molar-refractivity contribution in [2.24, 2.45) is 0 Å². The maximum absolute atomic E-state index is 6.11. The van der Waals surface area contributed by atoms with Gasteiger partial charge in [0, 0.05) is 13.0 Å². The van der Waals surface area contributed by atoms with Gasteiger partial charge in [-0.05, 0) is 63.5 Å². The Balaban J connectivity index is 1.70. The summed E-state index contributed by atoms with van der Waals surface area (Å²) in [6, 6.07) is 0. The molecule has 0 aromatic heterocycles. The number of hydrogen-bond donors (Lipinski definition) is 0. The molecule has 2 aliphatic rings. The summed E-state index contributed by atoms with van der Waals surface area (Å²) < 4.78 is 17.5. The highest BCUT2D eigenvalue weighted by Gasteiger charge is 2.22. The fourth-order valence-corrected chi connectivity index (χ4v) is 3.04. The van der Waals surface area contributed by atoms with Crippen LogP contribution in [0.4, 0.5) is 0 Å². The number of terminal acetylenes is 1. The number of hydrogen-bond acceptors (Lipinski definition) is 3.